The highest BCUT2D eigenvalue weighted by molar-refractivity contribution is 6.10. The van der Waals surface area contributed by atoms with E-state index in [2.05, 4.69) is 37.5 Å². The van der Waals surface area contributed by atoms with Crippen LogP contribution in [-0.4, -0.2) is 31.4 Å². The summed E-state index contributed by atoms with van der Waals surface area (Å²) in [4.78, 5) is 29.7. The lowest BCUT2D eigenvalue weighted by molar-refractivity contribution is 0.0950. The first kappa shape index (κ1) is 16.4. The van der Waals surface area contributed by atoms with E-state index in [1.165, 1.54) is 6.33 Å². The van der Waals surface area contributed by atoms with Crippen LogP contribution in [0.3, 0.4) is 0 Å². The van der Waals surface area contributed by atoms with Crippen molar-refractivity contribution >= 4 is 22.8 Å². The summed E-state index contributed by atoms with van der Waals surface area (Å²) in [7, 11) is 0. The summed E-state index contributed by atoms with van der Waals surface area (Å²) in [6, 6.07) is 0. The maximum Gasteiger partial charge on any atom is 0.255 e. The maximum absolute atomic E-state index is 12.8. The molecule has 3 heterocycles. The zero-order valence-electron chi connectivity index (χ0n) is 15.0. The summed E-state index contributed by atoms with van der Waals surface area (Å²) in [5.41, 5.74) is 2.40. The highest BCUT2D eigenvalue weighted by Crippen LogP contribution is 2.40. The van der Waals surface area contributed by atoms with Crippen LogP contribution in [0.1, 0.15) is 47.3 Å². The van der Waals surface area contributed by atoms with Gasteiger partial charge in [0, 0.05) is 11.7 Å². The average molecular weight is 352 g/mol. The molecular weight excluding hydrogens is 332 g/mol. The van der Waals surface area contributed by atoms with Crippen LogP contribution in [0.5, 0.6) is 0 Å². The van der Waals surface area contributed by atoms with Crippen molar-refractivity contribution in [1.82, 2.24) is 25.3 Å². The van der Waals surface area contributed by atoms with Crippen LogP contribution in [0, 0.1) is 13.8 Å². The van der Waals surface area contributed by atoms with Crippen LogP contribution in [-0.2, 0) is 6.54 Å². The number of hydrogen-bond acceptors (Lipinski definition) is 7. The Morgan fingerprint density at radius 2 is 2.00 bits per heavy atom. The van der Waals surface area contributed by atoms with Crippen LogP contribution in [0.4, 0.5) is 5.82 Å². The Labute approximate surface area is 150 Å². The molecule has 8 heteroatoms. The molecule has 0 bridgehead atoms. The number of anilines is 1. The zero-order chi connectivity index (χ0) is 18.3. The third-order valence-electron chi connectivity index (χ3n) is 4.58. The minimum absolute atomic E-state index is 0.0255. The summed E-state index contributed by atoms with van der Waals surface area (Å²) in [6.45, 7) is 6.03. The van der Waals surface area contributed by atoms with Gasteiger partial charge in [0.25, 0.3) is 5.91 Å². The summed E-state index contributed by atoms with van der Waals surface area (Å²) < 4.78 is 5.68. The number of furan rings is 1. The molecule has 0 unspecified atom stereocenters. The second-order valence-corrected chi connectivity index (χ2v) is 6.95. The summed E-state index contributed by atoms with van der Waals surface area (Å²) in [5.74, 6) is 0.895. The fourth-order valence-electron chi connectivity index (χ4n) is 2.78. The smallest absolute Gasteiger partial charge is 0.255 e. The van der Waals surface area contributed by atoms with Gasteiger partial charge in [-0.15, -0.1) is 0 Å². The van der Waals surface area contributed by atoms with Crippen molar-refractivity contribution in [3.05, 3.63) is 41.4 Å². The molecule has 1 aliphatic rings. The number of hydrogen-bond donors (Lipinski definition) is 2. The van der Waals surface area contributed by atoms with E-state index in [0.717, 1.165) is 18.5 Å². The van der Waals surface area contributed by atoms with Gasteiger partial charge in [-0.25, -0.2) is 9.97 Å². The van der Waals surface area contributed by atoms with Crippen molar-refractivity contribution in [2.75, 3.05) is 5.32 Å². The predicted octanol–water partition coefficient (Wildman–Crippen LogP) is 2.52. The van der Waals surface area contributed by atoms with Crippen LogP contribution in [0.15, 0.2) is 23.1 Å². The SMILES string of the molecule is Cc1cnc(CNC(=O)c2c(C)oc3ncnc(NC4(C)CC4)c23)cn1. The third-order valence-corrected chi connectivity index (χ3v) is 4.58. The maximum atomic E-state index is 12.8. The van der Waals surface area contributed by atoms with E-state index in [1.807, 2.05) is 6.92 Å². The Morgan fingerprint density at radius 3 is 2.69 bits per heavy atom. The Bertz CT molecular complexity index is 975. The Morgan fingerprint density at radius 1 is 1.19 bits per heavy atom. The normalized spacial score (nSPS) is 15.0. The number of carbonyl (C=O) groups excluding carboxylic acids is 1. The first-order chi connectivity index (χ1) is 12.5. The molecule has 134 valence electrons. The van der Waals surface area contributed by atoms with E-state index in [-0.39, 0.29) is 18.0 Å². The minimum atomic E-state index is -0.248. The van der Waals surface area contributed by atoms with Crippen LogP contribution >= 0.6 is 0 Å². The number of carbonyl (C=O) groups is 1. The molecule has 0 aromatic carbocycles. The molecule has 0 atom stereocenters. The van der Waals surface area contributed by atoms with Gasteiger partial charge in [0.05, 0.1) is 35.1 Å². The lowest BCUT2D eigenvalue weighted by Gasteiger charge is -2.13. The Kier molecular flexibility index (Phi) is 3.82. The lowest BCUT2D eigenvalue weighted by Crippen LogP contribution is -2.24. The number of fused-ring (bicyclic) bond motifs is 1. The van der Waals surface area contributed by atoms with Gasteiger partial charge in [0.1, 0.15) is 17.9 Å². The lowest BCUT2D eigenvalue weighted by atomic mass is 10.1. The van der Waals surface area contributed by atoms with E-state index >= 15 is 0 Å². The quantitative estimate of drug-likeness (QED) is 0.727. The standard InChI is InChI=1S/C18H20N6O2/c1-10-6-20-12(7-19-10)8-21-16(25)13-11(2)26-17-14(13)15(22-9-23-17)24-18(3)4-5-18/h6-7,9H,4-5,8H2,1-3H3,(H,21,25)(H,22,23,24). The molecule has 1 saturated carbocycles. The van der Waals surface area contributed by atoms with Crippen LogP contribution in [0.2, 0.25) is 0 Å². The molecule has 8 nitrogen and oxygen atoms in total. The summed E-state index contributed by atoms with van der Waals surface area (Å²) in [5, 5.41) is 6.90. The number of rotatable bonds is 5. The summed E-state index contributed by atoms with van der Waals surface area (Å²) >= 11 is 0. The number of aryl methyl sites for hydroxylation is 2. The molecule has 3 aromatic rings. The minimum Gasteiger partial charge on any atom is -0.442 e. The van der Waals surface area contributed by atoms with E-state index in [1.54, 1.807) is 19.3 Å². The molecule has 0 aliphatic heterocycles. The molecular formula is C18H20N6O2. The first-order valence-corrected chi connectivity index (χ1v) is 8.53. The topological polar surface area (TPSA) is 106 Å². The van der Waals surface area contributed by atoms with Crippen LogP contribution < -0.4 is 10.6 Å². The fraction of sp³-hybridized carbons (Fsp3) is 0.389. The average Bonchev–Trinajstić information content (AvgIpc) is 3.23. The number of nitrogens with one attached hydrogen (secondary N) is 2. The second kappa shape index (κ2) is 6.05. The fourth-order valence-corrected chi connectivity index (χ4v) is 2.78. The van der Waals surface area contributed by atoms with E-state index < -0.39 is 0 Å². The first-order valence-electron chi connectivity index (χ1n) is 8.53. The third kappa shape index (κ3) is 3.10. The van der Waals surface area contributed by atoms with Gasteiger partial charge in [-0.05, 0) is 33.6 Å². The van der Waals surface area contributed by atoms with Gasteiger partial charge in [0.2, 0.25) is 5.71 Å². The van der Waals surface area contributed by atoms with Crippen molar-refractivity contribution < 1.29 is 9.21 Å². The van der Waals surface area contributed by atoms with Crippen molar-refractivity contribution in [1.29, 1.82) is 0 Å². The molecule has 2 N–H and O–H groups in total. The predicted molar refractivity (Wildman–Crippen MR) is 95.7 cm³/mol. The molecule has 1 amide bonds. The van der Waals surface area contributed by atoms with Gasteiger partial charge in [-0.2, -0.15) is 0 Å². The number of nitrogens with zero attached hydrogens (tertiary/aromatic N) is 4. The molecule has 0 spiro atoms. The highest BCUT2D eigenvalue weighted by atomic mass is 16.3. The number of aromatic nitrogens is 4. The summed E-state index contributed by atoms with van der Waals surface area (Å²) in [6.07, 6.45) is 6.92. The van der Waals surface area contributed by atoms with Gasteiger partial charge in [0.15, 0.2) is 0 Å². The Hall–Kier alpha value is -3.03. The van der Waals surface area contributed by atoms with Gasteiger partial charge >= 0.3 is 0 Å². The monoisotopic (exact) mass is 352 g/mol. The van der Waals surface area contributed by atoms with Crippen molar-refractivity contribution in [2.45, 2.75) is 45.7 Å². The molecule has 4 rings (SSSR count). The molecule has 0 radical (unpaired) electrons. The van der Waals surface area contributed by atoms with Gasteiger partial charge < -0.3 is 15.1 Å². The molecule has 3 aromatic heterocycles. The van der Waals surface area contributed by atoms with E-state index in [9.17, 15) is 4.79 Å². The molecule has 26 heavy (non-hydrogen) atoms. The van der Waals surface area contributed by atoms with Crippen LogP contribution in [0.25, 0.3) is 11.1 Å². The van der Waals surface area contributed by atoms with Crippen molar-refractivity contribution in [2.24, 2.45) is 0 Å². The highest BCUT2D eigenvalue weighted by Gasteiger charge is 2.38. The molecule has 0 saturated heterocycles. The van der Waals surface area contributed by atoms with Crippen molar-refractivity contribution in [3.63, 3.8) is 0 Å². The number of amides is 1. The molecule has 1 aliphatic carbocycles. The molecule has 1 fully saturated rings. The van der Waals surface area contributed by atoms with Gasteiger partial charge in [-0.3, -0.25) is 14.8 Å². The zero-order valence-corrected chi connectivity index (χ0v) is 15.0. The Balaban J connectivity index is 1.63. The van der Waals surface area contributed by atoms with E-state index in [4.69, 9.17) is 4.42 Å². The van der Waals surface area contributed by atoms with E-state index in [0.29, 0.717) is 33.9 Å². The van der Waals surface area contributed by atoms with Gasteiger partial charge in [-0.1, -0.05) is 0 Å². The largest absolute Gasteiger partial charge is 0.442 e. The van der Waals surface area contributed by atoms with Crippen molar-refractivity contribution in [3.8, 4) is 0 Å². The second-order valence-electron chi connectivity index (χ2n) is 6.95.